The summed E-state index contributed by atoms with van der Waals surface area (Å²) in [6, 6.07) is 10.0. The number of rotatable bonds is 7. The second-order valence-corrected chi connectivity index (χ2v) is 6.81. The minimum absolute atomic E-state index is 0.0235. The van der Waals surface area contributed by atoms with Crippen molar-refractivity contribution in [3.63, 3.8) is 0 Å². The van der Waals surface area contributed by atoms with Gasteiger partial charge in [0, 0.05) is 28.6 Å². The molecule has 0 aliphatic rings. The molecule has 1 amide bonds. The lowest BCUT2D eigenvalue weighted by atomic mass is 10.0. The first-order chi connectivity index (χ1) is 11.7. The average molecular weight is 342 g/mol. The van der Waals surface area contributed by atoms with Crippen molar-refractivity contribution in [2.75, 3.05) is 6.61 Å². The smallest absolute Gasteiger partial charge is 0.225 e. The van der Waals surface area contributed by atoms with Gasteiger partial charge in [-0.3, -0.25) is 4.79 Å². The number of carbonyl (C=O) groups excluding carboxylic acids is 1. The maximum Gasteiger partial charge on any atom is 0.225 e. The van der Waals surface area contributed by atoms with Crippen LogP contribution >= 0.6 is 11.3 Å². The van der Waals surface area contributed by atoms with E-state index >= 15 is 0 Å². The number of carbonyl (C=O) groups is 1. The number of fused-ring (bicyclic) bond motifs is 1. The zero-order valence-corrected chi connectivity index (χ0v) is 14.5. The molecule has 1 aromatic carbocycles. The molecule has 0 saturated carbocycles. The van der Waals surface area contributed by atoms with Crippen molar-refractivity contribution < 1.29 is 9.90 Å². The molecule has 1 atom stereocenters. The number of para-hydroxylation sites is 1. The van der Waals surface area contributed by atoms with Gasteiger partial charge in [-0.25, -0.2) is 0 Å². The number of amides is 1. The summed E-state index contributed by atoms with van der Waals surface area (Å²) in [6.45, 7) is 2.18. The lowest BCUT2D eigenvalue weighted by Gasteiger charge is -2.16. The molecule has 0 radical (unpaired) electrons. The van der Waals surface area contributed by atoms with E-state index in [1.807, 2.05) is 29.8 Å². The fourth-order valence-corrected chi connectivity index (χ4v) is 3.85. The van der Waals surface area contributed by atoms with Crippen LogP contribution in [-0.2, 0) is 17.6 Å². The number of benzene rings is 1. The number of hydrogen-bond donors (Lipinski definition) is 3. The molecule has 4 nitrogen and oxygen atoms in total. The highest BCUT2D eigenvalue weighted by Crippen LogP contribution is 2.24. The summed E-state index contributed by atoms with van der Waals surface area (Å²) in [4.78, 5) is 16.9. The van der Waals surface area contributed by atoms with Gasteiger partial charge < -0.3 is 15.4 Å². The third kappa shape index (κ3) is 3.52. The molecule has 0 bridgehead atoms. The van der Waals surface area contributed by atoms with Crippen LogP contribution in [0, 0.1) is 0 Å². The van der Waals surface area contributed by atoms with E-state index in [4.69, 9.17) is 0 Å². The van der Waals surface area contributed by atoms with Crippen molar-refractivity contribution in [2.45, 2.75) is 32.2 Å². The molecule has 3 aromatic rings. The number of aromatic amines is 1. The number of H-pyrrole nitrogens is 1. The van der Waals surface area contributed by atoms with Crippen LogP contribution < -0.4 is 5.32 Å². The number of aromatic nitrogens is 1. The van der Waals surface area contributed by atoms with E-state index in [2.05, 4.69) is 29.4 Å². The molecule has 126 valence electrons. The van der Waals surface area contributed by atoms with Crippen LogP contribution in [0.15, 0.2) is 41.9 Å². The molecule has 5 heteroatoms. The third-order valence-corrected chi connectivity index (χ3v) is 5.24. The summed E-state index contributed by atoms with van der Waals surface area (Å²) >= 11 is 1.60. The Morgan fingerprint density at radius 1 is 1.29 bits per heavy atom. The standard InChI is InChI=1S/C19H22N2O2S/c1-2-13-5-3-6-15-14(12-20-19(13)15)11-18(23)21-16(8-9-22)17-7-4-10-24-17/h3-7,10,12,16,20,22H,2,8-9,11H2,1H3,(H,21,23). The van der Waals surface area contributed by atoms with Gasteiger partial charge in [-0.05, 0) is 35.4 Å². The molecule has 3 rings (SSSR count). The van der Waals surface area contributed by atoms with Gasteiger partial charge in [-0.15, -0.1) is 11.3 Å². The first-order valence-corrected chi connectivity index (χ1v) is 9.12. The third-order valence-electron chi connectivity index (χ3n) is 4.26. The van der Waals surface area contributed by atoms with E-state index < -0.39 is 0 Å². The van der Waals surface area contributed by atoms with Crippen molar-refractivity contribution in [1.29, 1.82) is 0 Å². The molecule has 3 N–H and O–H groups in total. The highest BCUT2D eigenvalue weighted by atomic mass is 32.1. The summed E-state index contributed by atoms with van der Waals surface area (Å²) in [5, 5.41) is 15.4. The quantitative estimate of drug-likeness (QED) is 0.614. The van der Waals surface area contributed by atoms with Crippen LogP contribution in [0.4, 0.5) is 0 Å². The molecular weight excluding hydrogens is 320 g/mol. The first-order valence-electron chi connectivity index (χ1n) is 8.24. The molecule has 0 aliphatic heterocycles. The van der Waals surface area contributed by atoms with Crippen LogP contribution in [0.2, 0.25) is 0 Å². The molecule has 2 aromatic heterocycles. The number of aliphatic hydroxyl groups excluding tert-OH is 1. The normalized spacial score (nSPS) is 12.4. The molecule has 0 aliphatic carbocycles. The molecule has 24 heavy (non-hydrogen) atoms. The Bertz CT molecular complexity index is 808. The maximum absolute atomic E-state index is 12.5. The minimum atomic E-state index is -0.126. The van der Waals surface area contributed by atoms with Crippen molar-refractivity contribution in [2.24, 2.45) is 0 Å². The van der Waals surface area contributed by atoms with Crippen molar-refractivity contribution >= 4 is 28.1 Å². The fourth-order valence-electron chi connectivity index (χ4n) is 3.04. The van der Waals surface area contributed by atoms with Crippen LogP contribution in [0.25, 0.3) is 10.9 Å². The number of thiophene rings is 1. The molecule has 2 heterocycles. The van der Waals surface area contributed by atoms with Gasteiger partial charge in [0.2, 0.25) is 5.91 Å². The SMILES string of the molecule is CCc1cccc2c(CC(=O)NC(CCO)c3cccs3)c[nH]c12. The topological polar surface area (TPSA) is 65.1 Å². The molecular formula is C19H22N2O2S. The fraction of sp³-hybridized carbons (Fsp3) is 0.316. The van der Waals surface area contributed by atoms with E-state index in [9.17, 15) is 9.90 Å². The van der Waals surface area contributed by atoms with Crippen LogP contribution in [0.5, 0.6) is 0 Å². The van der Waals surface area contributed by atoms with E-state index in [1.165, 1.54) is 5.56 Å². The van der Waals surface area contributed by atoms with Gasteiger partial charge in [0.25, 0.3) is 0 Å². The van der Waals surface area contributed by atoms with Crippen molar-refractivity contribution in [3.05, 3.63) is 57.9 Å². The van der Waals surface area contributed by atoms with Gasteiger partial charge in [-0.1, -0.05) is 31.2 Å². The lowest BCUT2D eigenvalue weighted by Crippen LogP contribution is -2.30. The average Bonchev–Trinajstić information content (AvgIpc) is 3.24. The second-order valence-electron chi connectivity index (χ2n) is 5.83. The minimum Gasteiger partial charge on any atom is -0.396 e. The number of nitrogens with one attached hydrogen (secondary N) is 2. The highest BCUT2D eigenvalue weighted by molar-refractivity contribution is 7.10. The van der Waals surface area contributed by atoms with Crippen molar-refractivity contribution in [3.8, 4) is 0 Å². The van der Waals surface area contributed by atoms with Crippen molar-refractivity contribution in [1.82, 2.24) is 10.3 Å². The van der Waals surface area contributed by atoms with Gasteiger partial charge in [-0.2, -0.15) is 0 Å². The molecule has 0 fully saturated rings. The molecule has 0 saturated heterocycles. The number of hydrogen-bond acceptors (Lipinski definition) is 3. The van der Waals surface area contributed by atoms with Gasteiger partial charge in [0.1, 0.15) is 0 Å². The summed E-state index contributed by atoms with van der Waals surface area (Å²) in [5.74, 6) is -0.0235. The summed E-state index contributed by atoms with van der Waals surface area (Å²) < 4.78 is 0. The van der Waals surface area contributed by atoms with Crippen LogP contribution in [0.3, 0.4) is 0 Å². The first kappa shape index (κ1) is 16.7. The van der Waals surface area contributed by atoms with Gasteiger partial charge in [0.05, 0.1) is 12.5 Å². The number of aryl methyl sites for hydroxylation is 1. The Balaban J connectivity index is 1.75. The second kappa shape index (κ2) is 7.64. The number of aliphatic hydroxyl groups is 1. The Labute approximate surface area is 145 Å². The summed E-state index contributed by atoms with van der Waals surface area (Å²) in [6.07, 6.45) is 3.75. The maximum atomic E-state index is 12.5. The van der Waals surface area contributed by atoms with E-state index in [0.29, 0.717) is 12.8 Å². The largest absolute Gasteiger partial charge is 0.396 e. The molecule has 0 spiro atoms. The van der Waals surface area contributed by atoms with E-state index in [0.717, 1.165) is 27.8 Å². The zero-order chi connectivity index (χ0) is 16.9. The highest BCUT2D eigenvalue weighted by Gasteiger charge is 2.17. The predicted octanol–water partition coefficient (Wildman–Crippen LogP) is 3.57. The summed E-state index contributed by atoms with van der Waals surface area (Å²) in [5.41, 5.74) is 3.38. The lowest BCUT2D eigenvalue weighted by molar-refractivity contribution is -0.121. The van der Waals surface area contributed by atoms with E-state index in [1.54, 1.807) is 11.3 Å². The monoisotopic (exact) mass is 342 g/mol. The van der Waals surface area contributed by atoms with Crippen LogP contribution in [0.1, 0.15) is 35.4 Å². The van der Waals surface area contributed by atoms with E-state index in [-0.39, 0.29) is 18.6 Å². The zero-order valence-electron chi connectivity index (χ0n) is 13.7. The van der Waals surface area contributed by atoms with Crippen LogP contribution in [-0.4, -0.2) is 22.6 Å². The Hall–Kier alpha value is -2.11. The van der Waals surface area contributed by atoms with Gasteiger partial charge in [0.15, 0.2) is 0 Å². The predicted molar refractivity (Wildman–Crippen MR) is 98.3 cm³/mol. The molecule has 1 unspecified atom stereocenters. The Morgan fingerprint density at radius 2 is 2.17 bits per heavy atom. The summed E-state index contributed by atoms with van der Waals surface area (Å²) in [7, 11) is 0. The Kier molecular flexibility index (Phi) is 5.33. The van der Waals surface area contributed by atoms with Gasteiger partial charge >= 0.3 is 0 Å². The Morgan fingerprint density at radius 3 is 2.88 bits per heavy atom.